The average Bonchev–Trinajstić information content (AvgIpc) is 2.60. The van der Waals surface area contributed by atoms with E-state index in [2.05, 4.69) is 10.2 Å². The molecule has 1 saturated heterocycles. The lowest BCUT2D eigenvalue weighted by atomic mass is 9.96. The van der Waals surface area contributed by atoms with E-state index in [1.807, 2.05) is 0 Å². The van der Waals surface area contributed by atoms with Gasteiger partial charge in [-0.3, -0.25) is 4.79 Å². The van der Waals surface area contributed by atoms with Gasteiger partial charge < -0.3 is 16.0 Å². The Bertz CT molecular complexity index is 584. The van der Waals surface area contributed by atoms with E-state index in [1.165, 1.54) is 0 Å². The number of nitrogens with one attached hydrogen (secondary N) is 1. The molecule has 1 fully saturated rings. The zero-order valence-corrected chi connectivity index (χ0v) is 13.9. The summed E-state index contributed by atoms with van der Waals surface area (Å²) in [6.45, 7) is 2.59. The van der Waals surface area contributed by atoms with Crippen LogP contribution < -0.4 is 11.1 Å². The Hall–Kier alpha value is -1.67. The summed E-state index contributed by atoms with van der Waals surface area (Å²) in [5.41, 5.74) is 4.19. The van der Waals surface area contributed by atoms with Crippen molar-refractivity contribution in [3.63, 3.8) is 0 Å². The van der Waals surface area contributed by atoms with Gasteiger partial charge in [-0.2, -0.15) is 13.2 Å². The van der Waals surface area contributed by atoms with Gasteiger partial charge in [-0.25, -0.2) is 4.39 Å². The molecule has 2 rings (SSSR count). The molecule has 4 nitrogen and oxygen atoms in total. The zero-order valence-electron chi connectivity index (χ0n) is 13.9. The van der Waals surface area contributed by atoms with Crippen LogP contribution in [0.2, 0.25) is 0 Å². The molecule has 0 saturated carbocycles. The van der Waals surface area contributed by atoms with Gasteiger partial charge in [0.15, 0.2) is 0 Å². The van der Waals surface area contributed by atoms with E-state index in [0.29, 0.717) is 13.1 Å². The SMILES string of the molecule is NCCN1CCC(CNC(=O)c2cc(CF)cc(C(F)(F)F)c2)CC1. The number of nitrogens with two attached hydrogens (primary N) is 1. The molecule has 0 atom stereocenters. The maximum absolute atomic E-state index is 12.9. The molecule has 1 amide bonds. The van der Waals surface area contributed by atoms with Crippen molar-refractivity contribution in [2.45, 2.75) is 25.7 Å². The fourth-order valence-corrected chi connectivity index (χ4v) is 3.00. The number of hydrogen-bond donors (Lipinski definition) is 2. The normalized spacial score (nSPS) is 16.8. The molecule has 3 N–H and O–H groups in total. The number of carbonyl (C=O) groups excluding carboxylic acids is 1. The standard InChI is InChI=1S/C17H23F4N3O/c18-10-13-7-14(9-15(8-13)17(19,20)21)16(25)23-11-12-1-4-24(5-2-12)6-3-22/h7-9,12H,1-6,10-11,22H2,(H,23,25). The molecule has 0 aromatic heterocycles. The van der Waals surface area contributed by atoms with Crippen molar-refractivity contribution in [1.29, 1.82) is 0 Å². The molecule has 0 bridgehead atoms. The Morgan fingerprint density at radius 3 is 2.48 bits per heavy atom. The molecule has 0 spiro atoms. The van der Waals surface area contributed by atoms with Gasteiger partial charge in [-0.05, 0) is 55.6 Å². The van der Waals surface area contributed by atoms with Crippen molar-refractivity contribution >= 4 is 5.91 Å². The summed E-state index contributed by atoms with van der Waals surface area (Å²) < 4.78 is 51.4. The monoisotopic (exact) mass is 361 g/mol. The fourth-order valence-electron chi connectivity index (χ4n) is 3.00. The summed E-state index contributed by atoms with van der Waals surface area (Å²) in [5.74, 6) is -0.324. The molecule has 1 aromatic carbocycles. The molecule has 0 unspecified atom stereocenters. The predicted octanol–water partition coefficient (Wildman–Crippen LogP) is 2.58. The first-order chi connectivity index (χ1) is 11.8. The van der Waals surface area contributed by atoms with Gasteiger partial charge in [-0.1, -0.05) is 0 Å². The summed E-state index contributed by atoms with van der Waals surface area (Å²) in [5, 5.41) is 2.67. The zero-order chi connectivity index (χ0) is 18.4. The summed E-state index contributed by atoms with van der Waals surface area (Å²) in [4.78, 5) is 14.4. The van der Waals surface area contributed by atoms with E-state index in [1.54, 1.807) is 0 Å². The Morgan fingerprint density at radius 2 is 1.92 bits per heavy atom. The van der Waals surface area contributed by atoms with Crippen LogP contribution in [0.15, 0.2) is 18.2 Å². The van der Waals surface area contributed by atoms with Gasteiger partial charge in [0.1, 0.15) is 6.67 Å². The van der Waals surface area contributed by atoms with Gasteiger partial charge in [-0.15, -0.1) is 0 Å². The minimum Gasteiger partial charge on any atom is -0.352 e. The molecular formula is C17H23F4N3O. The number of amides is 1. The van der Waals surface area contributed by atoms with E-state index in [-0.39, 0.29) is 17.0 Å². The maximum Gasteiger partial charge on any atom is 0.416 e. The summed E-state index contributed by atoms with van der Waals surface area (Å²) in [6, 6.07) is 2.65. The molecule has 0 radical (unpaired) electrons. The summed E-state index contributed by atoms with van der Waals surface area (Å²) in [7, 11) is 0. The molecule has 1 aliphatic rings. The first-order valence-corrected chi connectivity index (χ1v) is 8.31. The first-order valence-electron chi connectivity index (χ1n) is 8.31. The number of hydrogen-bond acceptors (Lipinski definition) is 3. The van der Waals surface area contributed by atoms with Crippen molar-refractivity contribution in [2.75, 3.05) is 32.7 Å². The van der Waals surface area contributed by atoms with Crippen molar-refractivity contribution in [3.8, 4) is 0 Å². The van der Waals surface area contributed by atoms with Gasteiger partial charge in [0.25, 0.3) is 5.91 Å². The Labute approximate surface area is 144 Å². The third kappa shape index (κ3) is 5.67. The number of halogens is 4. The Morgan fingerprint density at radius 1 is 1.24 bits per heavy atom. The number of carbonyl (C=O) groups is 1. The largest absolute Gasteiger partial charge is 0.416 e. The minimum atomic E-state index is -4.62. The number of nitrogens with zero attached hydrogens (tertiary/aromatic N) is 1. The molecule has 1 heterocycles. The van der Waals surface area contributed by atoms with Crippen molar-refractivity contribution in [1.82, 2.24) is 10.2 Å². The van der Waals surface area contributed by atoms with Crippen LogP contribution in [0.3, 0.4) is 0 Å². The van der Waals surface area contributed by atoms with Crippen LogP contribution in [0, 0.1) is 5.92 Å². The lowest BCUT2D eigenvalue weighted by Crippen LogP contribution is -2.40. The smallest absolute Gasteiger partial charge is 0.352 e. The van der Waals surface area contributed by atoms with Crippen LogP contribution in [0.5, 0.6) is 0 Å². The summed E-state index contributed by atoms with van der Waals surface area (Å²) in [6.07, 6.45) is -2.81. The number of benzene rings is 1. The van der Waals surface area contributed by atoms with E-state index in [9.17, 15) is 22.4 Å². The number of rotatable bonds is 6. The topological polar surface area (TPSA) is 58.4 Å². The molecular weight excluding hydrogens is 338 g/mol. The second-order valence-electron chi connectivity index (χ2n) is 6.33. The van der Waals surface area contributed by atoms with Crippen molar-refractivity contribution in [2.24, 2.45) is 11.7 Å². The van der Waals surface area contributed by atoms with Crippen LogP contribution in [0.25, 0.3) is 0 Å². The first kappa shape index (κ1) is 19.7. The van der Waals surface area contributed by atoms with E-state index in [0.717, 1.165) is 50.7 Å². The average molecular weight is 361 g/mol. The van der Waals surface area contributed by atoms with E-state index >= 15 is 0 Å². The van der Waals surface area contributed by atoms with Gasteiger partial charge in [0.05, 0.1) is 5.56 Å². The van der Waals surface area contributed by atoms with E-state index in [4.69, 9.17) is 5.73 Å². The molecule has 140 valence electrons. The van der Waals surface area contributed by atoms with Crippen LogP contribution in [0.1, 0.15) is 34.3 Å². The molecule has 0 aliphatic carbocycles. The van der Waals surface area contributed by atoms with Crippen LogP contribution >= 0.6 is 0 Å². The van der Waals surface area contributed by atoms with Gasteiger partial charge >= 0.3 is 6.18 Å². The quantitative estimate of drug-likeness (QED) is 0.766. The highest BCUT2D eigenvalue weighted by molar-refractivity contribution is 5.94. The van der Waals surface area contributed by atoms with Crippen LogP contribution in [-0.2, 0) is 12.9 Å². The third-order valence-corrected chi connectivity index (χ3v) is 4.44. The van der Waals surface area contributed by atoms with Crippen LogP contribution in [0.4, 0.5) is 17.6 Å². The minimum absolute atomic E-state index is 0.157. The van der Waals surface area contributed by atoms with Crippen LogP contribution in [-0.4, -0.2) is 43.5 Å². The van der Waals surface area contributed by atoms with E-state index < -0.39 is 24.3 Å². The lowest BCUT2D eigenvalue weighted by molar-refractivity contribution is -0.137. The highest BCUT2D eigenvalue weighted by Gasteiger charge is 2.32. The predicted molar refractivity (Wildman–Crippen MR) is 86.8 cm³/mol. The molecule has 1 aromatic rings. The lowest BCUT2D eigenvalue weighted by Gasteiger charge is -2.31. The Balaban J connectivity index is 1.95. The van der Waals surface area contributed by atoms with Gasteiger partial charge in [0, 0.05) is 25.2 Å². The number of likely N-dealkylation sites (tertiary alicyclic amines) is 1. The molecule has 8 heteroatoms. The Kier molecular flexibility index (Phi) is 6.78. The summed E-state index contributed by atoms with van der Waals surface area (Å²) >= 11 is 0. The second kappa shape index (κ2) is 8.62. The number of piperidine rings is 1. The van der Waals surface area contributed by atoms with Crippen molar-refractivity contribution < 1.29 is 22.4 Å². The molecule has 1 aliphatic heterocycles. The highest BCUT2D eigenvalue weighted by atomic mass is 19.4. The number of alkyl halides is 4. The van der Waals surface area contributed by atoms with Gasteiger partial charge in [0.2, 0.25) is 0 Å². The second-order valence-corrected chi connectivity index (χ2v) is 6.33. The highest BCUT2D eigenvalue weighted by Crippen LogP contribution is 2.31. The molecule has 25 heavy (non-hydrogen) atoms. The van der Waals surface area contributed by atoms with Crippen molar-refractivity contribution in [3.05, 3.63) is 34.9 Å². The fraction of sp³-hybridized carbons (Fsp3) is 0.588. The third-order valence-electron chi connectivity index (χ3n) is 4.44. The maximum atomic E-state index is 12.9.